The van der Waals surface area contributed by atoms with E-state index in [0.29, 0.717) is 25.4 Å². The fourth-order valence-corrected chi connectivity index (χ4v) is 3.53. The summed E-state index contributed by atoms with van der Waals surface area (Å²) >= 11 is 0. The van der Waals surface area contributed by atoms with Crippen LogP contribution >= 0.6 is 0 Å². The highest BCUT2D eigenvalue weighted by atomic mass is 16.5. The van der Waals surface area contributed by atoms with E-state index in [1.165, 1.54) is 39.2 Å². The van der Waals surface area contributed by atoms with Crippen molar-refractivity contribution in [1.82, 2.24) is 9.88 Å². The van der Waals surface area contributed by atoms with Gasteiger partial charge in [0, 0.05) is 31.9 Å². The molecule has 0 N–H and O–H groups in total. The molecular formula is C20H30N2O3. The molecule has 0 aliphatic heterocycles. The maximum Gasteiger partial charge on any atom is 0.310 e. The summed E-state index contributed by atoms with van der Waals surface area (Å²) in [5.74, 6) is 0.178. The van der Waals surface area contributed by atoms with Crippen molar-refractivity contribution in [1.29, 1.82) is 0 Å². The van der Waals surface area contributed by atoms with E-state index in [1.807, 2.05) is 12.1 Å². The Morgan fingerprint density at radius 1 is 1.32 bits per heavy atom. The van der Waals surface area contributed by atoms with E-state index >= 15 is 0 Å². The average molecular weight is 346 g/mol. The molecule has 5 heteroatoms. The number of carbonyl (C=O) groups excluding carboxylic acids is 2. The topological polar surface area (TPSA) is 59.5 Å². The van der Waals surface area contributed by atoms with Gasteiger partial charge in [0.2, 0.25) is 5.91 Å². The van der Waals surface area contributed by atoms with Crippen LogP contribution in [0.2, 0.25) is 0 Å². The van der Waals surface area contributed by atoms with E-state index in [1.54, 1.807) is 24.2 Å². The van der Waals surface area contributed by atoms with Crippen molar-refractivity contribution < 1.29 is 14.3 Å². The summed E-state index contributed by atoms with van der Waals surface area (Å²) in [5.41, 5.74) is 0.977. The van der Waals surface area contributed by atoms with Crippen LogP contribution in [0.5, 0.6) is 0 Å². The molecule has 1 aliphatic carbocycles. The van der Waals surface area contributed by atoms with Crippen LogP contribution in [-0.2, 0) is 20.9 Å². The lowest BCUT2D eigenvalue weighted by atomic mass is 9.86. The van der Waals surface area contributed by atoms with Gasteiger partial charge in [-0.25, -0.2) is 0 Å². The lowest BCUT2D eigenvalue weighted by molar-refractivity contribution is -0.146. The van der Waals surface area contributed by atoms with E-state index in [2.05, 4.69) is 4.98 Å². The minimum atomic E-state index is -0.333. The first kappa shape index (κ1) is 19.4. The van der Waals surface area contributed by atoms with Crippen LogP contribution in [0.15, 0.2) is 24.5 Å². The summed E-state index contributed by atoms with van der Waals surface area (Å²) in [6.07, 6.45) is 11.4. The summed E-state index contributed by atoms with van der Waals surface area (Å²) in [7, 11) is 1.38. The zero-order valence-electron chi connectivity index (χ0n) is 15.4. The molecule has 0 spiro atoms. The number of pyridine rings is 1. The van der Waals surface area contributed by atoms with Gasteiger partial charge in [-0.3, -0.25) is 14.6 Å². The van der Waals surface area contributed by atoms with Gasteiger partial charge < -0.3 is 9.64 Å². The van der Waals surface area contributed by atoms with Gasteiger partial charge in [-0.2, -0.15) is 0 Å². The summed E-state index contributed by atoms with van der Waals surface area (Å²) in [6.45, 7) is 2.67. The van der Waals surface area contributed by atoms with Gasteiger partial charge >= 0.3 is 5.97 Å². The minimum absolute atomic E-state index is 0.116. The van der Waals surface area contributed by atoms with Crippen molar-refractivity contribution in [2.75, 3.05) is 13.7 Å². The highest BCUT2D eigenvalue weighted by Gasteiger charge is 2.23. The summed E-state index contributed by atoms with van der Waals surface area (Å²) < 4.78 is 4.81. The van der Waals surface area contributed by atoms with Crippen LogP contribution in [0.3, 0.4) is 0 Å². The second kappa shape index (κ2) is 10.2. The van der Waals surface area contributed by atoms with Crippen LogP contribution in [0, 0.1) is 11.8 Å². The third-order valence-electron chi connectivity index (χ3n) is 5.04. The molecule has 1 atom stereocenters. The van der Waals surface area contributed by atoms with E-state index in [4.69, 9.17) is 4.74 Å². The molecule has 25 heavy (non-hydrogen) atoms. The van der Waals surface area contributed by atoms with E-state index in [-0.39, 0.29) is 17.8 Å². The molecule has 138 valence electrons. The van der Waals surface area contributed by atoms with Gasteiger partial charge in [0.25, 0.3) is 0 Å². The van der Waals surface area contributed by atoms with Crippen molar-refractivity contribution >= 4 is 11.9 Å². The molecule has 1 aliphatic rings. The van der Waals surface area contributed by atoms with Gasteiger partial charge in [-0.15, -0.1) is 0 Å². The Labute approximate surface area is 150 Å². The number of methoxy groups -OCH3 is 1. The van der Waals surface area contributed by atoms with Crippen LogP contribution < -0.4 is 0 Å². The van der Waals surface area contributed by atoms with Crippen LogP contribution in [0.4, 0.5) is 0 Å². The van der Waals surface area contributed by atoms with Gasteiger partial charge in [-0.1, -0.05) is 45.1 Å². The zero-order valence-corrected chi connectivity index (χ0v) is 15.4. The highest BCUT2D eigenvalue weighted by molar-refractivity contribution is 5.78. The van der Waals surface area contributed by atoms with Crippen molar-refractivity contribution in [2.45, 2.75) is 58.4 Å². The van der Waals surface area contributed by atoms with Crippen molar-refractivity contribution in [3.8, 4) is 0 Å². The lowest BCUT2D eigenvalue weighted by Crippen LogP contribution is -2.37. The molecule has 1 unspecified atom stereocenters. The number of esters is 1. The Balaban J connectivity index is 1.96. The van der Waals surface area contributed by atoms with E-state index in [9.17, 15) is 9.59 Å². The maximum absolute atomic E-state index is 12.8. The summed E-state index contributed by atoms with van der Waals surface area (Å²) in [4.78, 5) is 30.4. The molecule has 1 fully saturated rings. The number of hydrogen-bond acceptors (Lipinski definition) is 4. The predicted molar refractivity (Wildman–Crippen MR) is 96.6 cm³/mol. The van der Waals surface area contributed by atoms with Gasteiger partial charge in [0.05, 0.1) is 13.0 Å². The Kier molecular flexibility index (Phi) is 7.89. The Bertz CT molecular complexity index is 541. The lowest BCUT2D eigenvalue weighted by Gasteiger charge is -2.27. The second-order valence-corrected chi connectivity index (χ2v) is 7.10. The molecule has 2 rings (SSSR count). The third-order valence-corrected chi connectivity index (χ3v) is 5.04. The molecule has 1 aromatic heterocycles. The number of rotatable bonds is 8. The molecule has 0 bridgehead atoms. The highest BCUT2D eigenvalue weighted by Crippen LogP contribution is 2.27. The first-order valence-electron chi connectivity index (χ1n) is 9.34. The predicted octanol–water partition coefficient (Wildman–Crippen LogP) is 3.58. The van der Waals surface area contributed by atoms with Crippen molar-refractivity contribution in [2.24, 2.45) is 11.8 Å². The first-order valence-corrected chi connectivity index (χ1v) is 9.34. The number of amides is 1. The van der Waals surface area contributed by atoms with Gasteiger partial charge in [0.1, 0.15) is 0 Å². The smallest absolute Gasteiger partial charge is 0.310 e. The maximum atomic E-state index is 12.8. The molecule has 5 nitrogen and oxygen atoms in total. The van der Waals surface area contributed by atoms with E-state index in [0.717, 1.165) is 12.0 Å². The van der Waals surface area contributed by atoms with Crippen LogP contribution in [-0.4, -0.2) is 35.4 Å². The fourth-order valence-electron chi connectivity index (χ4n) is 3.53. The molecule has 0 aromatic carbocycles. The Morgan fingerprint density at radius 3 is 2.72 bits per heavy atom. The number of hydrogen-bond donors (Lipinski definition) is 0. The SMILES string of the molecule is COC(=O)C(C)CN(Cc1cccnc1)C(=O)CCC1CCCCC1. The molecule has 1 heterocycles. The molecule has 1 aromatic rings. The quantitative estimate of drug-likeness (QED) is 0.675. The fraction of sp³-hybridized carbons (Fsp3) is 0.650. The molecule has 0 saturated heterocycles. The van der Waals surface area contributed by atoms with Gasteiger partial charge in [0.15, 0.2) is 0 Å². The standard InChI is InChI=1S/C20H30N2O3/c1-16(20(24)25-2)14-22(15-18-9-6-12-21-13-18)19(23)11-10-17-7-4-3-5-8-17/h6,9,12-13,16-17H,3-5,7-8,10-11,14-15H2,1-2H3. The number of nitrogens with zero attached hydrogens (tertiary/aromatic N) is 2. The third kappa shape index (κ3) is 6.48. The normalized spacial score (nSPS) is 16.2. The number of ether oxygens (including phenoxy) is 1. The van der Waals surface area contributed by atoms with Gasteiger partial charge in [-0.05, 0) is 24.0 Å². The zero-order chi connectivity index (χ0) is 18.1. The average Bonchev–Trinajstić information content (AvgIpc) is 2.66. The number of carbonyl (C=O) groups is 2. The molecule has 0 radical (unpaired) electrons. The summed E-state index contributed by atoms with van der Waals surface area (Å²) in [6, 6.07) is 3.82. The summed E-state index contributed by atoms with van der Waals surface area (Å²) in [5, 5.41) is 0. The molecule has 1 saturated carbocycles. The Morgan fingerprint density at radius 2 is 2.08 bits per heavy atom. The van der Waals surface area contributed by atoms with E-state index < -0.39 is 0 Å². The Hall–Kier alpha value is -1.91. The molecular weight excluding hydrogens is 316 g/mol. The first-order chi connectivity index (χ1) is 12.1. The minimum Gasteiger partial charge on any atom is -0.469 e. The van der Waals surface area contributed by atoms with Crippen LogP contribution in [0.1, 0.15) is 57.4 Å². The molecule has 1 amide bonds. The van der Waals surface area contributed by atoms with Crippen molar-refractivity contribution in [3.05, 3.63) is 30.1 Å². The number of aromatic nitrogens is 1. The largest absolute Gasteiger partial charge is 0.469 e. The monoisotopic (exact) mass is 346 g/mol. The second-order valence-electron chi connectivity index (χ2n) is 7.10. The van der Waals surface area contributed by atoms with Crippen LogP contribution in [0.25, 0.3) is 0 Å². The van der Waals surface area contributed by atoms with Crippen molar-refractivity contribution in [3.63, 3.8) is 0 Å².